The Morgan fingerprint density at radius 2 is 1.72 bits per heavy atom. The van der Waals surface area contributed by atoms with Crippen LogP contribution in [0.3, 0.4) is 0 Å². The quantitative estimate of drug-likeness (QED) is 0.153. The highest BCUT2D eigenvalue weighted by molar-refractivity contribution is 7.99. The number of hydrogen-bond acceptors (Lipinski definition) is 6. The number of amides is 1. The molecule has 7 nitrogen and oxygen atoms in total. The fourth-order valence-electron chi connectivity index (χ4n) is 3.99. The fraction of sp³-hybridized carbons (Fsp3) is 0.0714. The topological polar surface area (TPSA) is 96.6 Å². The summed E-state index contributed by atoms with van der Waals surface area (Å²) in [6.45, 7) is 1.93. The minimum atomic E-state index is -0.366. The van der Waals surface area contributed by atoms with Crippen LogP contribution in [-0.4, -0.2) is 32.5 Å². The van der Waals surface area contributed by atoms with E-state index in [1.54, 1.807) is 28.8 Å². The third-order valence-corrected chi connectivity index (χ3v) is 6.70. The number of hydrogen-bond donors (Lipinski definition) is 2. The summed E-state index contributed by atoms with van der Waals surface area (Å²) >= 11 is 1.16. The van der Waals surface area contributed by atoms with Crippen molar-refractivity contribution in [2.45, 2.75) is 12.1 Å². The smallest absolute Gasteiger partial charge is 0.266 e. The SMILES string of the molecule is Cc1ccccc1-n1c(SCC(=O)N/N=C\c2c(O)ccc3ccccc23)nc2ccccc2c1=O. The third-order valence-electron chi connectivity index (χ3n) is 5.76. The van der Waals surface area contributed by atoms with Crippen LogP contribution in [0.25, 0.3) is 27.4 Å². The van der Waals surface area contributed by atoms with E-state index in [0.717, 1.165) is 28.1 Å². The number of rotatable bonds is 6. The molecule has 178 valence electrons. The number of phenolic OH excluding ortho intramolecular Hbond substituents is 1. The maximum Gasteiger partial charge on any atom is 0.266 e. The number of aromatic hydroxyl groups is 1. The number of carbonyl (C=O) groups excluding carboxylic acids is 1. The molecular weight excluding hydrogens is 472 g/mol. The number of para-hydroxylation sites is 2. The van der Waals surface area contributed by atoms with Gasteiger partial charge in [0.1, 0.15) is 5.75 Å². The van der Waals surface area contributed by atoms with Gasteiger partial charge in [0.15, 0.2) is 5.16 Å². The van der Waals surface area contributed by atoms with Crippen LogP contribution in [0.15, 0.2) is 100.0 Å². The maximum atomic E-state index is 13.4. The molecule has 0 aliphatic carbocycles. The molecule has 0 fully saturated rings. The minimum Gasteiger partial charge on any atom is -0.507 e. The summed E-state index contributed by atoms with van der Waals surface area (Å²) < 4.78 is 1.55. The van der Waals surface area contributed by atoms with Gasteiger partial charge in [0.25, 0.3) is 11.5 Å². The second kappa shape index (κ2) is 10.1. The summed E-state index contributed by atoms with van der Waals surface area (Å²) in [6.07, 6.45) is 1.43. The van der Waals surface area contributed by atoms with Crippen molar-refractivity contribution >= 4 is 45.6 Å². The van der Waals surface area contributed by atoms with E-state index in [1.807, 2.05) is 67.6 Å². The zero-order valence-corrected chi connectivity index (χ0v) is 20.2. The first-order chi connectivity index (χ1) is 17.5. The predicted octanol–water partition coefficient (Wildman–Crippen LogP) is 4.80. The standard InChI is InChI=1S/C28H22N4O3S/c1-18-8-2-7-13-24(18)32-27(35)21-11-5-6-12-23(21)30-28(32)36-17-26(34)31-29-16-22-20-10-4-3-9-19(20)14-15-25(22)33/h2-16,33H,17H2,1H3,(H,31,34)/b29-16-. The van der Waals surface area contributed by atoms with Gasteiger partial charge in [0, 0.05) is 5.56 Å². The zero-order valence-electron chi connectivity index (χ0n) is 19.4. The highest BCUT2D eigenvalue weighted by atomic mass is 32.2. The molecule has 2 N–H and O–H groups in total. The molecule has 5 rings (SSSR count). The highest BCUT2D eigenvalue weighted by Gasteiger charge is 2.16. The van der Waals surface area contributed by atoms with Crippen LogP contribution in [0.5, 0.6) is 5.75 Å². The molecule has 0 aliphatic heterocycles. The number of benzene rings is 4. The van der Waals surface area contributed by atoms with Crippen molar-refractivity contribution in [3.05, 3.63) is 106 Å². The molecule has 0 bridgehead atoms. The molecule has 0 aliphatic rings. The lowest BCUT2D eigenvalue weighted by Crippen LogP contribution is -2.24. The fourth-order valence-corrected chi connectivity index (χ4v) is 4.78. The van der Waals surface area contributed by atoms with Crippen LogP contribution in [0.1, 0.15) is 11.1 Å². The average Bonchev–Trinajstić information content (AvgIpc) is 2.89. The zero-order chi connectivity index (χ0) is 25.1. The van der Waals surface area contributed by atoms with Crippen LogP contribution in [-0.2, 0) is 4.79 Å². The summed E-state index contributed by atoms with van der Waals surface area (Å²) in [5.74, 6) is -0.298. The molecule has 4 aromatic carbocycles. The maximum absolute atomic E-state index is 13.4. The molecule has 1 amide bonds. The van der Waals surface area contributed by atoms with Gasteiger partial charge in [0.05, 0.1) is 28.6 Å². The van der Waals surface area contributed by atoms with Crippen molar-refractivity contribution in [3.63, 3.8) is 0 Å². The summed E-state index contributed by atoms with van der Waals surface area (Å²) in [5.41, 5.74) is 5.03. The van der Waals surface area contributed by atoms with E-state index in [-0.39, 0.29) is 23.0 Å². The van der Waals surface area contributed by atoms with Gasteiger partial charge in [-0.15, -0.1) is 0 Å². The molecule has 8 heteroatoms. The van der Waals surface area contributed by atoms with Crippen molar-refractivity contribution in [2.75, 3.05) is 5.75 Å². The summed E-state index contributed by atoms with van der Waals surface area (Å²) in [6, 6.07) is 25.7. The van der Waals surface area contributed by atoms with Crippen molar-refractivity contribution in [1.29, 1.82) is 0 Å². The molecular formula is C28H22N4O3S. The Bertz CT molecular complexity index is 1690. The number of phenols is 1. The van der Waals surface area contributed by atoms with Crippen molar-refractivity contribution in [3.8, 4) is 11.4 Å². The number of aromatic nitrogens is 2. The normalized spacial score (nSPS) is 11.4. The van der Waals surface area contributed by atoms with Gasteiger partial charge in [-0.25, -0.2) is 10.4 Å². The van der Waals surface area contributed by atoms with Gasteiger partial charge in [-0.2, -0.15) is 5.10 Å². The number of nitrogens with one attached hydrogen (secondary N) is 1. The second-order valence-electron chi connectivity index (χ2n) is 8.14. The van der Waals surface area contributed by atoms with E-state index in [0.29, 0.717) is 27.3 Å². The lowest BCUT2D eigenvalue weighted by atomic mass is 10.0. The van der Waals surface area contributed by atoms with Crippen molar-refractivity contribution in [1.82, 2.24) is 15.0 Å². The van der Waals surface area contributed by atoms with Gasteiger partial charge in [0.2, 0.25) is 0 Å². The van der Waals surface area contributed by atoms with Gasteiger partial charge in [-0.3, -0.25) is 14.2 Å². The first-order valence-electron chi connectivity index (χ1n) is 11.3. The Morgan fingerprint density at radius 1 is 1.00 bits per heavy atom. The number of nitrogens with zero attached hydrogens (tertiary/aromatic N) is 3. The van der Waals surface area contributed by atoms with E-state index in [1.165, 1.54) is 6.21 Å². The molecule has 0 saturated carbocycles. The van der Waals surface area contributed by atoms with Crippen LogP contribution in [0.4, 0.5) is 0 Å². The van der Waals surface area contributed by atoms with E-state index in [2.05, 4.69) is 15.5 Å². The summed E-state index contributed by atoms with van der Waals surface area (Å²) in [4.78, 5) is 30.6. The lowest BCUT2D eigenvalue weighted by Gasteiger charge is -2.14. The van der Waals surface area contributed by atoms with E-state index < -0.39 is 0 Å². The van der Waals surface area contributed by atoms with Gasteiger partial charge >= 0.3 is 0 Å². The van der Waals surface area contributed by atoms with E-state index in [4.69, 9.17) is 0 Å². The molecule has 0 spiro atoms. The van der Waals surface area contributed by atoms with Crippen molar-refractivity contribution in [2.24, 2.45) is 5.10 Å². The first-order valence-corrected chi connectivity index (χ1v) is 12.2. The molecule has 1 aromatic heterocycles. The summed E-state index contributed by atoms with van der Waals surface area (Å²) in [7, 11) is 0. The predicted molar refractivity (Wildman–Crippen MR) is 144 cm³/mol. The number of aryl methyl sites for hydroxylation is 1. The Balaban J connectivity index is 1.39. The van der Waals surface area contributed by atoms with Crippen LogP contribution in [0.2, 0.25) is 0 Å². The number of carbonyl (C=O) groups is 1. The van der Waals surface area contributed by atoms with Gasteiger partial charge in [-0.1, -0.05) is 72.4 Å². The Hall–Kier alpha value is -4.43. The average molecular weight is 495 g/mol. The second-order valence-corrected chi connectivity index (χ2v) is 9.08. The number of thioether (sulfide) groups is 1. The lowest BCUT2D eigenvalue weighted by molar-refractivity contribution is -0.118. The summed E-state index contributed by atoms with van der Waals surface area (Å²) in [5, 5.41) is 17.0. The molecule has 0 atom stereocenters. The Morgan fingerprint density at radius 3 is 2.56 bits per heavy atom. The molecule has 0 unspecified atom stereocenters. The molecule has 0 saturated heterocycles. The van der Waals surface area contributed by atoms with Gasteiger partial charge < -0.3 is 5.11 Å². The van der Waals surface area contributed by atoms with Crippen LogP contribution in [0, 0.1) is 6.92 Å². The largest absolute Gasteiger partial charge is 0.507 e. The van der Waals surface area contributed by atoms with E-state index >= 15 is 0 Å². The monoisotopic (exact) mass is 494 g/mol. The first kappa shape index (κ1) is 23.3. The van der Waals surface area contributed by atoms with Crippen LogP contribution >= 0.6 is 11.8 Å². The van der Waals surface area contributed by atoms with Crippen LogP contribution < -0.4 is 11.0 Å². The highest BCUT2D eigenvalue weighted by Crippen LogP contribution is 2.26. The van der Waals surface area contributed by atoms with Crippen molar-refractivity contribution < 1.29 is 9.90 Å². The molecule has 0 radical (unpaired) electrons. The van der Waals surface area contributed by atoms with Gasteiger partial charge in [-0.05, 0) is 47.5 Å². The minimum absolute atomic E-state index is 0.00444. The third kappa shape index (κ3) is 4.58. The number of hydrazone groups is 1. The molecule has 36 heavy (non-hydrogen) atoms. The Kier molecular flexibility index (Phi) is 6.51. The van der Waals surface area contributed by atoms with E-state index in [9.17, 15) is 14.7 Å². The molecule has 1 heterocycles. The number of fused-ring (bicyclic) bond motifs is 2. The Labute approximate surface area is 211 Å². The molecule has 5 aromatic rings.